The molecular weight excluding hydrogens is 282 g/mol. The Balaban J connectivity index is 2.20. The summed E-state index contributed by atoms with van der Waals surface area (Å²) < 4.78 is 0. The number of carbonyl (C=O) groups is 4. The highest BCUT2D eigenvalue weighted by Crippen LogP contribution is 2.33. The number of hydrogen-bond acceptors (Lipinski definition) is 5. The molecule has 0 bridgehead atoms. The molecule has 3 rings (SSSR count). The van der Waals surface area contributed by atoms with Gasteiger partial charge in [0.05, 0.1) is 5.70 Å². The Kier molecular flexibility index (Phi) is 3.48. The van der Waals surface area contributed by atoms with Gasteiger partial charge in [0.25, 0.3) is 0 Å². The number of rotatable bonds is 2. The van der Waals surface area contributed by atoms with Gasteiger partial charge in [-0.1, -0.05) is 24.3 Å². The van der Waals surface area contributed by atoms with Gasteiger partial charge < -0.3 is 5.32 Å². The lowest BCUT2D eigenvalue weighted by molar-refractivity contribution is -0.133. The Hall–Kier alpha value is -2.56. The van der Waals surface area contributed by atoms with Crippen LogP contribution >= 0.6 is 0 Å². The van der Waals surface area contributed by atoms with Gasteiger partial charge in [-0.3, -0.25) is 19.2 Å². The predicted octanol–water partition coefficient (Wildman–Crippen LogP) is 1.48. The molecule has 1 saturated carbocycles. The summed E-state index contributed by atoms with van der Waals surface area (Å²) in [6.07, 6.45) is 1.04. The summed E-state index contributed by atoms with van der Waals surface area (Å²) in [7, 11) is 1.52. The van der Waals surface area contributed by atoms with Gasteiger partial charge in [0.1, 0.15) is 17.5 Å². The molecule has 0 amide bonds. The molecular formula is C17H15NO4. The Morgan fingerprint density at radius 1 is 0.909 bits per heavy atom. The molecule has 1 aromatic rings. The van der Waals surface area contributed by atoms with Crippen molar-refractivity contribution in [2.75, 3.05) is 7.05 Å². The molecule has 0 radical (unpaired) electrons. The maximum absolute atomic E-state index is 12.8. The minimum atomic E-state index is -1.11. The molecule has 0 heterocycles. The van der Waals surface area contributed by atoms with Crippen molar-refractivity contribution in [3.8, 4) is 0 Å². The summed E-state index contributed by atoms with van der Waals surface area (Å²) in [5.74, 6) is -2.42. The summed E-state index contributed by atoms with van der Waals surface area (Å²) in [4.78, 5) is 49.7. The van der Waals surface area contributed by atoms with E-state index in [0.29, 0.717) is 12.0 Å². The molecule has 0 unspecified atom stereocenters. The third-order valence-electron chi connectivity index (χ3n) is 4.19. The van der Waals surface area contributed by atoms with Crippen LogP contribution in [0.25, 0.3) is 0 Å². The van der Waals surface area contributed by atoms with E-state index in [1.807, 2.05) is 0 Å². The maximum atomic E-state index is 12.8. The molecule has 112 valence electrons. The van der Waals surface area contributed by atoms with E-state index >= 15 is 0 Å². The van der Waals surface area contributed by atoms with Crippen LogP contribution in [0.2, 0.25) is 0 Å². The van der Waals surface area contributed by atoms with Crippen LogP contribution in [0.1, 0.15) is 40.0 Å². The normalized spacial score (nSPS) is 19.5. The van der Waals surface area contributed by atoms with Crippen LogP contribution in [-0.2, 0) is 9.59 Å². The minimum absolute atomic E-state index is 0.0147. The van der Waals surface area contributed by atoms with Crippen molar-refractivity contribution < 1.29 is 19.2 Å². The summed E-state index contributed by atoms with van der Waals surface area (Å²) in [6.45, 7) is 0. The summed E-state index contributed by atoms with van der Waals surface area (Å²) in [5.41, 5.74) is 0.641. The zero-order chi connectivity index (χ0) is 15.9. The SMILES string of the molecule is CNC1=C(C2C(=O)CCCC2=O)C(=O)c2ccccc2C1=O. The number of hydrogen-bond donors (Lipinski definition) is 1. The number of carbonyl (C=O) groups excluding carboxylic acids is 4. The Labute approximate surface area is 127 Å². The van der Waals surface area contributed by atoms with Crippen molar-refractivity contribution >= 4 is 23.1 Å². The highest BCUT2D eigenvalue weighted by Gasteiger charge is 2.42. The number of nitrogens with one attached hydrogen (secondary N) is 1. The third-order valence-corrected chi connectivity index (χ3v) is 4.19. The maximum Gasteiger partial charge on any atom is 0.210 e. The molecule has 2 aliphatic carbocycles. The van der Waals surface area contributed by atoms with Crippen molar-refractivity contribution in [3.63, 3.8) is 0 Å². The quantitative estimate of drug-likeness (QED) is 0.836. The first-order valence-electron chi connectivity index (χ1n) is 7.22. The topological polar surface area (TPSA) is 80.3 Å². The van der Waals surface area contributed by atoms with Crippen LogP contribution in [0, 0.1) is 5.92 Å². The fourth-order valence-electron chi connectivity index (χ4n) is 3.15. The smallest absolute Gasteiger partial charge is 0.210 e. The Morgan fingerprint density at radius 3 is 2.00 bits per heavy atom. The number of likely N-dealkylation sites (N-methyl/N-ethyl adjacent to an activating group) is 1. The van der Waals surface area contributed by atoms with E-state index in [9.17, 15) is 19.2 Å². The van der Waals surface area contributed by atoms with E-state index in [4.69, 9.17) is 0 Å². The van der Waals surface area contributed by atoms with Gasteiger partial charge in [0.2, 0.25) is 5.78 Å². The molecule has 0 aromatic heterocycles. The Morgan fingerprint density at radius 2 is 1.45 bits per heavy atom. The fraction of sp³-hybridized carbons (Fsp3) is 0.294. The number of fused-ring (bicyclic) bond motifs is 1. The number of benzene rings is 1. The van der Waals surface area contributed by atoms with Crippen molar-refractivity contribution in [2.45, 2.75) is 19.3 Å². The molecule has 0 atom stereocenters. The summed E-state index contributed by atoms with van der Waals surface area (Å²) in [5, 5.41) is 2.72. The molecule has 5 heteroatoms. The van der Waals surface area contributed by atoms with E-state index in [1.165, 1.54) is 7.05 Å². The molecule has 1 fully saturated rings. The van der Waals surface area contributed by atoms with E-state index in [2.05, 4.69) is 5.32 Å². The number of ketones is 4. The first kappa shape index (κ1) is 14.4. The molecule has 2 aliphatic rings. The first-order chi connectivity index (χ1) is 10.6. The largest absolute Gasteiger partial charge is 0.385 e. The van der Waals surface area contributed by atoms with Gasteiger partial charge in [0.15, 0.2) is 5.78 Å². The van der Waals surface area contributed by atoms with Crippen molar-refractivity contribution in [1.29, 1.82) is 0 Å². The van der Waals surface area contributed by atoms with Gasteiger partial charge in [-0.05, 0) is 6.42 Å². The highest BCUT2D eigenvalue weighted by atomic mass is 16.2. The Bertz CT molecular complexity index is 729. The fourth-order valence-corrected chi connectivity index (χ4v) is 3.15. The first-order valence-corrected chi connectivity index (χ1v) is 7.22. The molecule has 5 nitrogen and oxygen atoms in total. The highest BCUT2D eigenvalue weighted by molar-refractivity contribution is 6.30. The molecule has 0 saturated heterocycles. The minimum Gasteiger partial charge on any atom is -0.385 e. The number of allylic oxidation sites excluding steroid dienone is 2. The standard InChI is InChI=1S/C17H15NO4/c1-18-15-14(13-11(19)7-4-8-12(13)20)16(21)9-5-2-3-6-10(9)17(15)22/h2-3,5-6,13,18H,4,7-8H2,1H3. The second-order valence-electron chi connectivity index (χ2n) is 5.46. The van der Waals surface area contributed by atoms with Crippen LogP contribution in [0.3, 0.4) is 0 Å². The van der Waals surface area contributed by atoms with E-state index < -0.39 is 11.7 Å². The van der Waals surface area contributed by atoms with Crippen LogP contribution in [0.4, 0.5) is 0 Å². The number of Topliss-reactive ketones (excluding diaryl/α,β-unsaturated/α-hetero) is 4. The monoisotopic (exact) mass is 297 g/mol. The van der Waals surface area contributed by atoms with Crippen LogP contribution in [-0.4, -0.2) is 30.2 Å². The van der Waals surface area contributed by atoms with Gasteiger partial charge >= 0.3 is 0 Å². The summed E-state index contributed by atoms with van der Waals surface area (Å²) >= 11 is 0. The van der Waals surface area contributed by atoms with Gasteiger partial charge in [-0.15, -0.1) is 0 Å². The van der Waals surface area contributed by atoms with Crippen LogP contribution in [0.15, 0.2) is 35.5 Å². The van der Waals surface area contributed by atoms with Gasteiger partial charge in [-0.2, -0.15) is 0 Å². The lowest BCUT2D eigenvalue weighted by atomic mass is 9.74. The summed E-state index contributed by atoms with van der Waals surface area (Å²) in [6, 6.07) is 6.48. The average Bonchev–Trinajstić information content (AvgIpc) is 2.52. The predicted molar refractivity (Wildman–Crippen MR) is 78.5 cm³/mol. The lowest BCUT2D eigenvalue weighted by Crippen LogP contribution is -2.39. The lowest BCUT2D eigenvalue weighted by Gasteiger charge is -2.27. The molecule has 1 N–H and O–H groups in total. The third kappa shape index (κ3) is 2.01. The van der Waals surface area contributed by atoms with E-state index in [1.54, 1.807) is 24.3 Å². The van der Waals surface area contributed by atoms with E-state index in [-0.39, 0.29) is 47.0 Å². The molecule has 0 spiro atoms. The molecule has 0 aliphatic heterocycles. The molecule has 22 heavy (non-hydrogen) atoms. The second-order valence-corrected chi connectivity index (χ2v) is 5.46. The second kappa shape index (κ2) is 5.33. The van der Waals surface area contributed by atoms with Gasteiger partial charge in [-0.25, -0.2) is 0 Å². The zero-order valence-electron chi connectivity index (χ0n) is 12.1. The average molecular weight is 297 g/mol. The van der Waals surface area contributed by atoms with Crippen molar-refractivity contribution in [3.05, 3.63) is 46.7 Å². The molecule has 1 aromatic carbocycles. The van der Waals surface area contributed by atoms with Crippen LogP contribution < -0.4 is 5.32 Å². The van der Waals surface area contributed by atoms with Crippen molar-refractivity contribution in [2.24, 2.45) is 5.92 Å². The van der Waals surface area contributed by atoms with Gasteiger partial charge in [0, 0.05) is 36.6 Å². The van der Waals surface area contributed by atoms with E-state index in [0.717, 1.165) is 0 Å². The zero-order valence-corrected chi connectivity index (χ0v) is 12.1. The van der Waals surface area contributed by atoms with Crippen molar-refractivity contribution in [1.82, 2.24) is 5.32 Å². The van der Waals surface area contributed by atoms with Crippen LogP contribution in [0.5, 0.6) is 0 Å².